The molecule has 0 aliphatic rings. The summed E-state index contributed by atoms with van der Waals surface area (Å²) in [6.07, 6.45) is 0.660. The van der Waals surface area contributed by atoms with Crippen LogP contribution >= 0.6 is 0 Å². The molecule has 4 heteroatoms. The van der Waals surface area contributed by atoms with Gasteiger partial charge in [0.15, 0.2) is 17.9 Å². The minimum atomic E-state index is 0.00468. The Hall–Kier alpha value is -1.97. The molecule has 0 bridgehead atoms. The molecule has 0 amide bonds. The van der Waals surface area contributed by atoms with Gasteiger partial charge in [-0.25, -0.2) is 4.98 Å². The number of benzene rings is 1. The number of H-pyrrole nitrogens is 1. The summed E-state index contributed by atoms with van der Waals surface area (Å²) in [5.41, 5.74) is 2.92. The summed E-state index contributed by atoms with van der Waals surface area (Å²) in [5, 5.41) is 0. The van der Waals surface area contributed by atoms with Crippen LogP contribution in [0.5, 0.6) is 0 Å². The van der Waals surface area contributed by atoms with Crippen LogP contribution in [-0.4, -0.2) is 22.0 Å². The molecule has 0 saturated carbocycles. The van der Waals surface area contributed by atoms with Crippen molar-refractivity contribution in [3.8, 4) is 0 Å². The fraction of sp³-hybridized carbons (Fsp3) is 0.182. The van der Waals surface area contributed by atoms with Crippen molar-refractivity contribution in [1.82, 2.24) is 9.97 Å². The number of rotatable bonds is 2. The highest BCUT2D eigenvalue weighted by molar-refractivity contribution is 6.00. The SMILES string of the molecule is CC(=O)c1ccc2[nH]c(C=O)nc2c1C. The Labute approximate surface area is 86.3 Å². The number of aromatic amines is 1. The number of nitrogens with one attached hydrogen (secondary N) is 1. The number of aryl methyl sites for hydroxylation is 1. The van der Waals surface area contributed by atoms with E-state index in [-0.39, 0.29) is 11.6 Å². The van der Waals surface area contributed by atoms with Crippen LogP contribution in [0.15, 0.2) is 12.1 Å². The summed E-state index contributed by atoms with van der Waals surface area (Å²) in [7, 11) is 0. The van der Waals surface area contributed by atoms with E-state index in [1.54, 1.807) is 12.1 Å². The first kappa shape index (κ1) is 9.58. The number of carbonyl (C=O) groups excluding carboxylic acids is 2. The van der Waals surface area contributed by atoms with Crippen LogP contribution in [-0.2, 0) is 0 Å². The van der Waals surface area contributed by atoms with Crippen molar-refractivity contribution in [2.45, 2.75) is 13.8 Å². The Kier molecular flexibility index (Phi) is 2.11. The maximum atomic E-state index is 11.3. The fourth-order valence-corrected chi connectivity index (χ4v) is 1.67. The van der Waals surface area contributed by atoms with Crippen LogP contribution in [0, 0.1) is 6.92 Å². The van der Waals surface area contributed by atoms with Crippen molar-refractivity contribution in [3.63, 3.8) is 0 Å². The smallest absolute Gasteiger partial charge is 0.185 e. The molecule has 1 aromatic heterocycles. The van der Waals surface area contributed by atoms with Gasteiger partial charge in [-0.05, 0) is 31.5 Å². The number of Topliss-reactive ketones (excluding diaryl/α,β-unsaturated/α-hetero) is 1. The molecule has 4 nitrogen and oxygen atoms in total. The monoisotopic (exact) mass is 202 g/mol. The molecular formula is C11H10N2O2. The molecule has 1 N–H and O–H groups in total. The van der Waals surface area contributed by atoms with Crippen LogP contribution < -0.4 is 0 Å². The van der Waals surface area contributed by atoms with E-state index in [0.29, 0.717) is 17.4 Å². The zero-order chi connectivity index (χ0) is 11.0. The third-order valence-electron chi connectivity index (χ3n) is 2.42. The highest BCUT2D eigenvalue weighted by Crippen LogP contribution is 2.19. The molecule has 0 radical (unpaired) electrons. The Bertz CT molecular complexity index is 555. The molecule has 15 heavy (non-hydrogen) atoms. The highest BCUT2D eigenvalue weighted by Gasteiger charge is 2.10. The van der Waals surface area contributed by atoms with Gasteiger partial charge in [-0.1, -0.05) is 0 Å². The lowest BCUT2D eigenvalue weighted by atomic mass is 10.0. The number of ketones is 1. The Morgan fingerprint density at radius 1 is 1.47 bits per heavy atom. The molecule has 2 rings (SSSR count). The third-order valence-corrected chi connectivity index (χ3v) is 2.42. The summed E-state index contributed by atoms with van der Waals surface area (Å²) in [6, 6.07) is 3.51. The van der Waals surface area contributed by atoms with E-state index in [1.165, 1.54) is 6.92 Å². The summed E-state index contributed by atoms with van der Waals surface area (Å²) in [4.78, 5) is 28.8. The van der Waals surface area contributed by atoms with Crippen LogP contribution in [0.3, 0.4) is 0 Å². The van der Waals surface area contributed by atoms with E-state index in [0.717, 1.165) is 11.1 Å². The van der Waals surface area contributed by atoms with Gasteiger partial charge in [-0.3, -0.25) is 9.59 Å². The van der Waals surface area contributed by atoms with Crippen molar-refractivity contribution in [1.29, 1.82) is 0 Å². The number of aromatic nitrogens is 2. The van der Waals surface area contributed by atoms with E-state index >= 15 is 0 Å². The second-order valence-electron chi connectivity index (χ2n) is 3.43. The van der Waals surface area contributed by atoms with Crippen LogP contribution in [0.25, 0.3) is 11.0 Å². The molecule has 0 spiro atoms. The molecule has 0 aliphatic carbocycles. The van der Waals surface area contributed by atoms with Crippen molar-refractivity contribution < 1.29 is 9.59 Å². The minimum absolute atomic E-state index is 0.00468. The Balaban J connectivity index is 2.77. The average Bonchev–Trinajstić information content (AvgIpc) is 2.61. The van der Waals surface area contributed by atoms with E-state index in [9.17, 15) is 9.59 Å². The zero-order valence-corrected chi connectivity index (χ0v) is 8.50. The molecule has 0 aliphatic heterocycles. The minimum Gasteiger partial charge on any atom is -0.336 e. The Morgan fingerprint density at radius 3 is 2.80 bits per heavy atom. The largest absolute Gasteiger partial charge is 0.336 e. The van der Waals surface area contributed by atoms with Crippen LogP contribution in [0.4, 0.5) is 0 Å². The van der Waals surface area contributed by atoms with Gasteiger partial charge in [0.05, 0.1) is 11.0 Å². The van der Waals surface area contributed by atoms with Gasteiger partial charge in [0, 0.05) is 5.56 Å². The van der Waals surface area contributed by atoms with Gasteiger partial charge in [-0.15, -0.1) is 0 Å². The number of aldehydes is 1. The lowest BCUT2D eigenvalue weighted by molar-refractivity contribution is 0.101. The number of hydrogen-bond donors (Lipinski definition) is 1. The van der Waals surface area contributed by atoms with E-state index < -0.39 is 0 Å². The molecule has 1 heterocycles. The summed E-state index contributed by atoms with van der Waals surface area (Å²) < 4.78 is 0. The molecule has 0 atom stereocenters. The second-order valence-corrected chi connectivity index (χ2v) is 3.43. The van der Waals surface area contributed by atoms with Gasteiger partial charge in [0.1, 0.15) is 0 Å². The predicted octanol–water partition coefficient (Wildman–Crippen LogP) is 1.89. The first-order valence-corrected chi connectivity index (χ1v) is 4.59. The molecule has 1 aromatic carbocycles. The second kappa shape index (κ2) is 3.31. The highest BCUT2D eigenvalue weighted by atomic mass is 16.1. The maximum Gasteiger partial charge on any atom is 0.185 e. The topological polar surface area (TPSA) is 62.8 Å². The van der Waals surface area contributed by atoms with Crippen LogP contribution in [0.1, 0.15) is 33.5 Å². The predicted molar refractivity (Wildman–Crippen MR) is 56.2 cm³/mol. The first-order valence-electron chi connectivity index (χ1n) is 4.59. The molecule has 2 aromatic rings. The van der Waals surface area contributed by atoms with Gasteiger partial charge >= 0.3 is 0 Å². The molecule has 0 saturated heterocycles. The first-order chi connectivity index (χ1) is 7.13. The van der Waals surface area contributed by atoms with E-state index in [2.05, 4.69) is 9.97 Å². The molecule has 76 valence electrons. The summed E-state index contributed by atoms with van der Waals surface area (Å²) in [5.74, 6) is 0.291. The fourth-order valence-electron chi connectivity index (χ4n) is 1.67. The van der Waals surface area contributed by atoms with Crippen LogP contribution in [0.2, 0.25) is 0 Å². The lowest BCUT2D eigenvalue weighted by Crippen LogP contribution is -1.96. The molecule has 0 unspecified atom stereocenters. The van der Waals surface area contributed by atoms with Gasteiger partial charge in [-0.2, -0.15) is 0 Å². The Morgan fingerprint density at radius 2 is 2.20 bits per heavy atom. The zero-order valence-electron chi connectivity index (χ0n) is 8.50. The number of imidazole rings is 1. The third kappa shape index (κ3) is 1.44. The van der Waals surface area contributed by atoms with Crippen molar-refractivity contribution >= 4 is 23.1 Å². The number of hydrogen-bond acceptors (Lipinski definition) is 3. The van der Waals surface area contributed by atoms with Gasteiger partial charge in [0.2, 0.25) is 0 Å². The standard InChI is InChI=1S/C11H10N2O2/c1-6-8(7(2)15)3-4-9-11(6)13-10(5-14)12-9/h3-5H,1-2H3,(H,12,13). The van der Waals surface area contributed by atoms with Gasteiger partial charge in [0.25, 0.3) is 0 Å². The quantitative estimate of drug-likeness (QED) is 0.597. The normalized spacial score (nSPS) is 10.5. The molecule has 0 fully saturated rings. The number of fused-ring (bicyclic) bond motifs is 1. The number of nitrogens with zero attached hydrogens (tertiary/aromatic N) is 1. The lowest BCUT2D eigenvalue weighted by Gasteiger charge is -2.00. The van der Waals surface area contributed by atoms with Crippen molar-refractivity contribution in [2.24, 2.45) is 0 Å². The maximum absolute atomic E-state index is 11.3. The van der Waals surface area contributed by atoms with E-state index in [1.807, 2.05) is 6.92 Å². The number of carbonyl (C=O) groups is 2. The summed E-state index contributed by atoms with van der Waals surface area (Å²) >= 11 is 0. The summed E-state index contributed by atoms with van der Waals surface area (Å²) in [6.45, 7) is 3.34. The van der Waals surface area contributed by atoms with E-state index in [4.69, 9.17) is 0 Å². The molecular weight excluding hydrogens is 192 g/mol. The average molecular weight is 202 g/mol. The van der Waals surface area contributed by atoms with Gasteiger partial charge < -0.3 is 4.98 Å². The van der Waals surface area contributed by atoms with Crippen molar-refractivity contribution in [2.75, 3.05) is 0 Å². The van der Waals surface area contributed by atoms with Crippen molar-refractivity contribution in [3.05, 3.63) is 29.1 Å².